The first-order chi connectivity index (χ1) is 10.1. The van der Waals surface area contributed by atoms with E-state index in [1.807, 2.05) is 18.2 Å². The van der Waals surface area contributed by atoms with E-state index in [9.17, 15) is 4.79 Å². The van der Waals surface area contributed by atoms with Crippen molar-refractivity contribution in [3.8, 4) is 0 Å². The molecule has 3 rings (SSSR count). The third-order valence-electron chi connectivity index (χ3n) is 3.56. The Balaban J connectivity index is 1.88. The second-order valence-corrected chi connectivity index (χ2v) is 6.27. The van der Waals surface area contributed by atoms with Crippen LogP contribution in [-0.2, 0) is 13.0 Å². The maximum Gasteiger partial charge on any atom is 0.257 e. The Labute approximate surface area is 136 Å². The van der Waals surface area contributed by atoms with Gasteiger partial charge in [0.05, 0.1) is 10.6 Å². The predicted octanol–water partition coefficient (Wildman–Crippen LogP) is 4.00. The Kier molecular flexibility index (Phi) is 4.29. The normalized spacial score (nSPS) is 13.6. The van der Waals surface area contributed by atoms with Gasteiger partial charge >= 0.3 is 0 Å². The van der Waals surface area contributed by atoms with Crippen LogP contribution in [0.2, 0.25) is 5.02 Å². The summed E-state index contributed by atoms with van der Waals surface area (Å²) in [6.07, 6.45) is 0.917. The SMILES string of the molecule is O=C(Nc1cccc2c1CCNC2)c1ccc(Br)cc1Cl. The summed E-state index contributed by atoms with van der Waals surface area (Å²) in [5.41, 5.74) is 3.79. The molecule has 2 N–H and O–H groups in total. The van der Waals surface area contributed by atoms with Gasteiger partial charge in [-0.05, 0) is 48.4 Å². The largest absolute Gasteiger partial charge is 0.322 e. The van der Waals surface area contributed by atoms with Crippen molar-refractivity contribution in [1.82, 2.24) is 5.32 Å². The Morgan fingerprint density at radius 2 is 2.14 bits per heavy atom. The Morgan fingerprint density at radius 1 is 1.29 bits per heavy atom. The van der Waals surface area contributed by atoms with E-state index in [-0.39, 0.29) is 5.91 Å². The second-order valence-electron chi connectivity index (χ2n) is 4.95. The molecular weight excluding hydrogens is 352 g/mol. The smallest absolute Gasteiger partial charge is 0.257 e. The van der Waals surface area contributed by atoms with E-state index < -0.39 is 0 Å². The Hall–Kier alpha value is -1.36. The van der Waals surface area contributed by atoms with Gasteiger partial charge in [0, 0.05) is 16.7 Å². The van der Waals surface area contributed by atoms with Crippen molar-refractivity contribution in [3.63, 3.8) is 0 Å². The van der Waals surface area contributed by atoms with Crippen LogP contribution in [0.3, 0.4) is 0 Å². The highest BCUT2D eigenvalue weighted by atomic mass is 79.9. The Bertz CT molecular complexity index is 703. The lowest BCUT2D eigenvalue weighted by Crippen LogP contribution is -2.25. The number of carbonyl (C=O) groups excluding carboxylic acids is 1. The van der Waals surface area contributed by atoms with E-state index in [2.05, 4.69) is 32.6 Å². The lowest BCUT2D eigenvalue weighted by molar-refractivity contribution is 0.102. The van der Waals surface area contributed by atoms with Gasteiger partial charge in [0.2, 0.25) is 0 Å². The molecule has 2 aromatic carbocycles. The molecule has 0 spiro atoms. The van der Waals surface area contributed by atoms with Crippen molar-refractivity contribution >= 4 is 39.1 Å². The van der Waals surface area contributed by atoms with E-state index in [0.29, 0.717) is 10.6 Å². The molecule has 0 unspecified atom stereocenters. The average Bonchev–Trinajstić information content (AvgIpc) is 2.47. The molecule has 3 nitrogen and oxygen atoms in total. The second kappa shape index (κ2) is 6.18. The number of halogens is 2. The van der Waals surface area contributed by atoms with Gasteiger partial charge in [-0.2, -0.15) is 0 Å². The zero-order valence-electron chi connectivity index (χ0n) is 11.2. The molecule has 0 radical (unpaired) electrons. The van der Waals surface area contributed by atoms with Gasteiger partial charge in [0.15, 0.2) is 0 Å². The van der Waals surface area contributed by atoms with Crippen LogP contribution in [-0.4, -0.2) is 12.5 Å². The minimum absolute atomic E-state index is 0.181. The Morgan fingerprint density at radius 3 is 2.95 bits per heavy atom. The molecule has 0 fully saturated rings. The molecule has 0 aromatic heterocycles. The summed E-state index contributed by atoms with van der Waals surface area (Å²) in [7, 11) is 0. The number of rotatable bonds is 2. The highest BCUT2D eigenvalue weighted by Gasteiger charge is 2.16. The number of nitrogens with one attached hydrogen (secondary N) is 2. The summed E-state index contributed by atoms with van der Waals surface area (Å²) in [6, 6.07) is 11.2. The van der Waals surface area contributed by atoms with Gasteiger partial charge in [-0.3, -0.25) is 4.79 Å². The van der Waals surface area contributed by atoms with Gasteiger partial charge in [-0.15, -0.1) is 0 Å². The van der Waals surface area contributed by atoms with Crippen LogP contribution in [0.15, 0.2) is 40.9 Å². The third-order valence-corrected chi connectivity index (χ3v) is 4.37. The minimum Gasteiger partial charge on any atom is -0.322 e. The first-order valence-electron chi connectivity index (χ1n) is 6.73. The lowest BCUT2D eigenvalue weighted by Gasteiger charge is -2.20. The fourth-order valence-electron chi connectivity index (χ4n) is 2.51. The molecule has 1 amide bonds. The van der Waals surface area contributed by atoms with Gasteiger partial charge in [0.1, 0.15) is 0 Å². The van der Waals surface area contributed by atoms with Crippen LogP contribution < -0.4 is 10.6 Å². The zero-order valence-corrected chi connectivity index (χ0v) is 13.6. The monoisotopic (exact) mass is 364 g/mol. The molecule has 1 aliphatic heterocycles. The van der Waals surface area contributed by atoms with E-state index in [1.54, 1.807) is 12.1 Å². The predicted molar refractivity (Wildman–Crippen MR) is 89.0 cm³/mol. The topological polar surface area (TPSA) is 41.1 Å². The molecule has 108 valence electrons. The number of benzene rings is 2. The van der Waals surface area contributed by atoms with Gasteiger partial charge < -0.3 is 10.6 Å². The quantitative estimate of drug-likeness (QED) is 0.844. The molecule has 0 saturated heterocycles. The standard InChI is InChI=1S/C16H14BrClN2O/c17-11-4-5-13(14(18)8-11)16(21)20-15-3-1-2-10-9-19-7-6-12(10)15/h1-5,8,19H,6-7,9H2,(H,20,21). The van der Waals surface area contributed by atoms with Crippen molar-refractivity contribution in [1.29, 1.82) is 0 Å². The fraction of sp³-hybridized carbons (Fsp3) is 0.188. The van der Waals surface area contributed by atoms with Crippen LogP contribution >= 0.6 is 27.5 Å². The van der Waals surface area contributed by atoms with E-state index >= 15 is 0 Å². The minimum atomic E-state index is -0.181. The number of fused-ring (bicyclic) bond motifs is 1. The third kappa shape index (κ3) is 3.12. The highest BCUT2D eigenvalue weighted by molar-refractivity contribution is 9.10. The first kappa shape index (κ1) is 14.6. The lowest BCUT2D eigenvalue weighted by atomic mass is 9.99. The van der Waals surface area contributed by atoms with Crippen LogP contribution in [0.5, 0.6) is 0 Å². The number of hydrogen-bond acceptors (Lipinski definition) is 2. The summed E-state index contributed by atoms with van der Waals surface area (Å²) in [6.45, 7) is 1.77. The molecule has 1 heterocycles. The molecule has 21 heavy (non-hydrogen) atoms. The van der Waals surface area contributed by atoms with Crippen LogP contribution in [0.4, 0.5) is 5.69 Å². The summed E-state index contributed by atoms with van der Waals surface area (Å²) in [4.78, 5) is 12.4. The molecule has 0 atom stereocenters. The maximum atomic E-state index is 12.4. The van der Waals surface area contributed by atoms with Crippen molar-refractivity contribution in [2.24, 2.45) is 0 Å². The van der Waals surface area contributed by atoms with Gasteiger partial charge in [0.25, 0.3) is 5.91 Å². The van der Waals surface area contributed by atoms with E-state index in [0.717, 1.165) is 29.7 Å². The zero-order chi connectivity index (χ0) is 14.8. The van der Waals surface area contributed by atoms with Gasteiger partial charge in [-0.1, -0.05) is 39.7 Å². The molecule has 2 aromatic rings. The number of carbonyl (C=O) groups is 1. The maximum absolute atomic E-state index is 12.4. The molecule has 0 bridgehead atoms. The van der Waals surface area contributed by atoms with E-state index in [1.165, 1.54) is 11.1 Å². The molecule has 0 aliphatic carbocycles. The number of hydrogen-bond donors (Lipinski definition) is 2. The molecule has 5 heteroatoms. The first-order valence-corrected chi connectivity index (χ1v) is 7.90. The average molecular weight is 366 g/mol. The summed E-state index contributed by atoms with van der Waals surface area (Å²) >= 11 is 9.47. The number of anilines is 1. The summed E-state index contributed by atoms with van der Waals surface area (Å²) < 4.78 is 0.854. The number of amides is 1. The van der Waals surface area contributed by atoms with Crippen LogP contribution in [0.1, 0.15) is 21.5 Å². The molecule has 1 aliphatic rings. The van der Waals surface area contributed by atoms with Crippen LogP contribution in [0, 0.1) is 0 Å². The van der Waals surface area contributed by atoms with Crippen molar-refractivity contribution in [2.75, 3.05) is 11.9 Å². The van der Waals surface area contributed by atoms with Gasteiger partial charge in [-0.25, -0.2) is 0 Å². The summed E-state index contributed by atoms with van der Waals surface area (Å²) in [5, 5.41) is 6.75. The molecule has 0 saturated carbocycles. The molecular formula is C16H14BrClN2O. The highest BCUT2D eigenvalue weighted by Crippen LogP contribution is 2.26. The summed E-state index contributed by atoms with van der Waals surface area (Å²) in [5.74, 6) is -0.181. The fourth-order valence-corrected chi connectivity index (χ4v) is 3.27. The van der Waals surface area contributed by atoms with E-state index in [4.69, 9.17) is 11.6 Å². The van der Waals surface area contributed by atoms with Crippen molar-refractivity contribution in [3.05, 3.63) is 62.6 Å². The van der Waals surface area contributed by atoms with Crippen molar-refractivity contribution < 1.29 is 4.79 Å². The van der Waals surface area contributed by atoms with Crippen LogP contribution in [0.25, 0.3) is 0 Å². The van der Waals surface area contributed by atoms with Crippen molar-refractivity contribution in [2.45, 2.75) is 13.0 Å².